The SMILES string of the molecule is COCC(=O)NC1CCN(C(=O)CCCOc2ccc(Br)cc2Cl)CC1. The maximum atomic E-state index is 12.3. The standard InChI is InChI=1S/C18H24BrClN2O4/c1-25-12-17(23)21-14-6-8-22(9-7-14)18(24)3-2-10-26-16-5-4-13(19)11-15(16)20/h4-5,11,14H,2-3,6-10,12H2,1H3,(H,21,23). The van der Waals surface area contributed by atoms with Crippen LogP contribution in [0.4, 0.5) is 0 Å². The predicted octanol–water partition coefficient (Wildman–Crippen LogP) is 3.02. The fourth-order valence-electron chi connectivity index (χ4n) is 2.83. The Hall–Kier alpha value is -1.31. The molecule has 1 N–H and O–H groups in total. The molecule has 0 aliphatic carbocycles. The average molecular weight is 448 g/mol. The van der Waals surface area contributed by atoms with Gasteiger partial charge in [-0.2, -0.15) is 0 Å². The highest BCUT2D eigenvalue weighted by atomic mass is 79.9. The second-order valence-electron chi connectivity index (χ2n) is 6.18. The van der Waals surface area contributed by atoms with Crippen molar-refractivity contribution in [3.8, 4) is 5.75 Å². The van der Waals surface area contributed by atoms with Crippen LogP contribution in [-0.2, 0) is 14.3 Å². The van der Waals surface area contributed by atoms with Crippen LogP contribution in [0.5, 0.6) is 5.75 Å². The summed E-state index contributed by atoms with van der Waals surface area (Å²) in [7, 11) is 1.50. The number of methoxy groups -OCH3 is 1. The molecule has 2 amide bonds. The summed E-state index contributed by atoms with van der Waals surface area (Å²) in [5.74, 6) is 0.633. The molecule has 1 heterocycles. The van der Waals surface area contributed by atoms with Crippen molar-refractivity contribution in [2.75, 3.05) is 33.4 Å². The van der Waals surface area contributed by atoms with E-state index in [1.54, 1.807) is 12.1 Å². The van der Waals surface area contributed by atoms with Crippen molar-refractivity contribution < 1.29 is 19.1 Å². The highest BCUT2D eigenvalue weighted by molar-refractivity contribution is 9.10. The Kier molecular flexibility index (Phi) is 8.68. The summed E-state index contributed by atoms with van der Waals surface area (Å²) >= 11 is 9.44. The zero-order valence-electron chi connectivity index (χ0n) is 14.8. The summed E-state index contributed by atoms with van der Waals surface area (Å²) in [5.41, 5.74) is 0. The van der Waals surface area contributed by atoms with Gasteiger partial charge in [0.1, 0.15) is 12.4 Å². The van der Waals surface area contributed by atoms with Gasteiger partial charge in [-0.25, -0.2) is 0 Å². The van der Waals surface area contributed by atoms with Gasteiger partial charge in [-0.1, -0.05) is 27.5 Å². The number of piperidine rings is 1. The number of rotatable bonds is 8. The van der Waals surface area contributed by atoms with Gasteiger partial charge in [0.15, 0.2) is 0 Å². The fourth-order valence-corrected chi connectivity index (χ4v) is 3.56. The zero-order valence-corrected chi connectivity index (χ0v) is 17.1. The van der Waals surface area contributed by atoms with Crippen LogP contribution in [0.1, 0.15) is 25.7 Å². The molecule has 0 aromatic heterocycles. The summed E-state index contributed by atoms with van der Waals surface area (Å²) < 4.78 is 11.3. The number of amides is 2. The Bertz CT molecular complexity index is 621. The van der Waals surface area contributed by atoms with Crippen molar-refractivity contribution in [2.24, 2.45) is 0 Å². The van der Waals surface area contributed by atoms with Crippen molar-refractivity contribution in [3.63, 3.8) is 0 Å². The second-order valence-corrected chi connectivity index (χ2v) is 7.51. The monoisotopic (exact) mass is 446 g/mol. The van der Waals surface area contributed by atoms with Crippen molar-refractivity contribution in [1.29, 1.82) is 0 Å². The van der Waals surface area contributed by atoms with Gasteiger partial charge < -0.3 is 19.7 Å². The average Bonchev–Trinajstić information content (AvgIpc) is 2.61. The van der Waals surface area contributed by atoms with Crippen LogP contribution in [0, 0.1) is 0 Å². The molecule has 0 atom stereocenters. The van der Waals surface area contributed by atoms with Gasteiger partial charge in [-0.05, 0) is 37.5 Å². The quantitative estimate of drug-likeness (QED) is 0.622. The molecule has 1 saturated heterocycles. The number of ether oxygens (including phenoxy) is 2. The van der Waals surface area contributed by atoms with Crippen LogP contribution in [-0.4, -0.2) is 56.2 Å². The van der Waals surface area contributed by atoms with Gasteiger partial charge in [0.2, 0.25) is 11.8 Å². The third-order valence-electron chi connectivity index (χ3n) is 4.17. The molecule has 0 spiro atoms. The highest BCUT2D eigenvalue weighted by Crippen LogP contribution is 2.27. The molecule has 0 bridgehead atoms. The Morgan fingerprint density at radius 1 is 1.35 bits per heavy atom. The van der Waals surface area contributed by atoms with Gasteiger partial charge >= 0.3 is 0 Å². The van der Waals surface area contributed by atoms with E-state index in [-0.39, 0.29) is 24.5 Å². The largest absolute Gasteiger partial charge is 0.492 e. The fraction of sp³-hybridized carbons (Fsp3) is 0.556. The number of hydrogen-bond acceptors (Lipinski definition) is 4. The number of hydrogen-bond donors (Lipinski definition) is 1. The van der Waals surface area contributed by atoms with E-state index in [0.717, 1.165) is 17.3 Å². The maximum absolute atomic E-state index is 12.3. The van der Waals surface area contributed by atoms with E-state index < -0.39 is 0 Å². The van der Waals surface area contributed by atoms with E-state index in [1.165, 1.54) is 7.11 Å². The number of likely N-dealkylation sites (tertiary alicyclic amines) is 1. The topological polar surface area (TPSA) is 67.9 Å². The predicted molar refractivity (Wildman–Crippen MR) is 104 cm³/mol. The molecule has 6 nitrogen and oxygen atoms in total. The van der Waals surface area contributed by atoms with Gasteiger partial charge in [-0.3, -0.25) is 9.59 Å². The Morgan fingerprint density at radius 2 is 2.08 bits per heavy atom. The van der Waals surface area contributed by atoms with E-state index in [1.807, 2.05) is 11.0 Å². The molecule has 1 aromatic rings. The zero-order chi connectivity index (χ0) is 18.9. The van der Waals surface area contributed by atoms with Crippen LogP contribution >= 0.6 is 27.5 Å². The second kappa shape index (κ2) is 10.7. The Morgan fingerprint density at radius 3 is 2.73 bits per heavy atom. The normalized spacial score (nSPS) is 15.0. The number of benzene rings is 1. The van der Waals surface area contributed by atoms with Crippen molar-refractivity contribution in [3.05, 3.63) is 27.7 Å². The molecular weight excluding hydrogens is 424 g/mol. The molecule has 8 heteroatoms. The minimum atomic E-state index is -0.110. The minimum absolute atomic E-state index is 0.0710. The lowest BCUT2D eigenvalue weighted by molar-refractivity contribution is -0.132. The summed E-state index contributed by atoms with van der Waals surface area (Å²) in [5, 5.41) is 3.47. The van der Waals surface area contributed by atoms with Crippen LogP contribution in [0.2, 0.25) is 5.02 Å². The number of carbonyl (C=O) groups is 2. The molecule has 0 unspecified atom stereocenters. The first-order valence-electron chi connectivity index (χ1n) is 8.63. The summed E-state index contributed by atoms with van der Waals surface area (Å²) in [6.07, 6.45) is 2.61. The van der Waals surface area contributed by atoms with E-state index in [0.29, 0.717) is 43.3 Å². The van der Waals surface area contributed by atoms with Crippen molar-refractivity contribution >= 4 is 39.3 Å². The lowest BCUT2D eigenvalue weighted by Gasteiger charge is -2.32. The number of halogens is 2. The molecule has 0 saturated carbocycles. The molecule has 1 aliphatic rings. The van der Waals surface area contributed by atoms with Gasteiger partial charge in [0, 0.05) is 37.1 Å². The maximum Gasteiger partial charge on any atom is 0.246 e. The number of nitrogens with one attached hydrogen (secondary N) is 1. The van der Waals surface area contributed by atoms with E-state index >= 15 is 0 Å². The minimum Gasteiger partial charge on any atom is -0.492 e. The molecule has 1 fully saturated rings. The molecule has 2 rings (SSSR count). The van der Waals surface area contributed by atoms with E-state index in [2.05, 4.69) is 21.2 Å². The van der Waals surface area contributed by atoms with Crippen LogP contribution < -0.4 is 10.1 Å². The molecule has 144 valence electrons. The lowest BCUT2D eigenvalue weighted by Crippen LogP contribution is -2.47. The van der Waals surface area contributed by atoms with Crippen molar-refractivity contribution in [2.45, 2.75) is 31.7 Å². The molecular formula is C18H24BrClN2O4. The first-order chi connectivity index (χ1) is 12.5. The first-order valence-corrected chi connectivity index (χ1v) is 9.80. The van der Waals surface area contributed by atoms with E-state index in [4.69, 9.17) is 21.1 Å². The lowest BCUT2D eigenvalue weighted by atomic mass is 10.0. The number of nitrogens with zero attached hydrogens (tertiary/aromatic N) is 1. The Labute approximate surface area is 167 Å². The Balaban J connectivity index is 1.64. The highest BCUT2D eigenvalue weighted by Gasteiger charge is 2.23. The van der Waals surface area contributed by atoms with Gasteiger partial charge in [0.05, 0.1) is 11.6 Å². The molecule has 1 aromatic carbocycles. The number of carbonyl (C=O) groups excluding carboxylic acids is 2. The van der Waals surface area contributed by atoms with Crippen molar-refractivity contribution in [1.82, 2.24) is 10.2 Å². The van der Waals surface area contributed by atoms with Gasteiger partial charge in [-0.15, -0.1) is 0 Å². The van der Waals surface area contributed by atoms with Crippen LogP contribution in [0.25, 0.3) is 0 Å². The molecule has 26 heavy (non-hydrogen) atoms. The van der Waals surface area contributed by atoms with E-state index in [9.17, 15) is 9.59 Å². The summed E-state index contributed by atoms with van der Waals surface area (Å²) in [6.45, 7) is 1.84. The smallest absolute Gasteiger partial charge is 0.246 e. The molecule has 0 radical (unpaired) electrons. The van der Waals surface area contributed by atoms with Crippen LogP contribution in [0.3, 0.4) is 0 Å². The molecule has 1 aliphatic heterocycles. The summed E-state index contributed by atoms with van der Waals surface area (Å²) in [4.78, 5) is 25.7. The van der Waals surface area contributed by atoms with Gasteiger partial charge in [0.25, 0.3) is 0 Å². The first kappa shape index (κ1) is 21.0. The third-order valence-corrected chi connectivity index (χ3v) is 4.96. The van der Waals surface area contributed by atoms with Crippen LogP contribution in [0.15, 0.2) is 22.7 Å². The third kappa shape index (κ3) is 6.78. The summed E-state index contributed by atoms with van der Waals surface area (Å²) in [6, 6.07) is 5.56.